The van der Waals surface area contributed by atoms with E-state index in [1.54, 1.807) is 12.0 Å². The fraction of sp³-hybridized carbons (Fsp3) is 0.857. The third-order valence-corrected chi connectivity index (χ3v) is 4.58. The van der Waals surface area contributed by atoms with Crippen LogP contribution >= 0.6 is 0 Å². The van der Waals surface area contributed by atoms with E-state index >= 15 is 0 Å². The smallest absolute Gasteiger partial charge is 0.225 e. The molecule has 2 rings (SSSR count). The Morgan fingerprint density at radius 1 is 1.25 bits per heavy atom. The summed E-state index contributed by atoms with van der Waals surface area (Å²) in [5.41, 5.74) is 3.69. The van der Waals surface area contributed by atoms with Crippen molar-refractivity contribution in [1.29, 1.82) is 0 Å². The largest absolute Gasteiger partial charge is 0.388 e. The molecule has 20 heavy (non-hydrogen) atoms. The van der Waals surface area contributed by atoms with E-state index in [1.165, 1.54) is 0 Å². The van der Waals surface area contributed by atoms with Crippen molar-refractivity contribution in [1.82, 2.24) is 4.90 Å². The lowest BCUT2D eigenvalue weighted by Crippen LogP contribution is -2.54. The van der Waals surface area contributed by atoms with Crippen LogP contribution in [-0.4, -0.2) is 53.2 Å². The molecule has 1 aliphatic heterocycles. The minimum absolute atomic E-state index is 0.00542. The summed E-state index contributed by atoms with van der Waals surface area (Å²) >= 11 is 0. The van der Waals surface area contributed by atoms with Crippen LogP contribution in [0.1, 0.15) is 44.9 Å². The Kier molecular flexibility index (Phi) is 4.34. The summed E-state index contributed by atoms with van der Waals surface area (Å²) in [4.78, 5) is 25.0. The van der Waals surface area contributed by atoms with Gasteiger partial charge in [0.2, 0.25) is 11.8 Å². The third kappa shape index (κ3) is 3.30. The van der Waals surface area contributed by atoms with E-state index < -0.39 is 11.5 Å². The van der Waals surface area contributed by atoms with Crippen molar-refractivity contribution in [2.45, 2.75) is 56.1 Å². The van der Waals surface area contributed by atoms with Gasteiger partial charge in [0.15, 0.2) is 0 Å². The summed E-state index contributed by atoms with van der Waals surface area (Å²) in [6.45, 7) is 0.814. The Bertz CT molecular complexity index is 389. The number of carbonyl (C=O) groups is 2. The van der Waals surface area contributed by atoms with Gasteiger partial charge in [-0.15, -0.1) is 0 Å². The lowest BCUT2D eigenvalue weighted by atomic mass is 9.77. The van der Waals surface area contributed by atoms with Crippen LogP contribution in [0.5, 0.6) is 0 Å². The maximum atomic E-state index is 12.4. The second-order valence-corrected chi connectivity index (χ2v) is 6.20. The number of nitrogens with two attached hydrogens (primary N) is 1. The number of hydrogen-bond donors (Lipinski definition) is 2. The molecule has 0 bridgehead atoms. The molecule has 0 aromatic heterocycles. The van der Waals surface area contributed by atoms with Crippen molar-refractivity contribution in [3.05, 3.63) is 0 Å². The first-order valence-electron chi connectivity index (χ1n) is 7.22. The second-order valence-electron chi connectivity index (χ2n) is 6.20. The lowest BCUT2D eigenvalue weighted by Gasteiger charge is -2.43. The summed E-state index contributed by atoms with van der Waals surface area (Å²) in [6.07, 6.45) is 4.38. The Hall–Kier alpha value is -1.14. The minimum atomic E-state index is -1.17. The van der Waals surface area contributed by atoms with Gasteiger partial charge in [-0.25, -0.2) is 0 Å². The standard InChI is InChI=1S/C14H24N2O4/c1-20-14(5-2-6-14)9-12(18)16-7-3-4-13(19,10-16)8-11(15)17/h19H,2-10H2,1H3,(H2,15,17). The molecule has 1 saturated heterocycles. The predicted octanol–water partition coefficient (Wildman–Crippen LogP) is 0.175. The number of β-amino-alcohol motifs (C(OH)–C–C–N with tert-alkyl or cyclic N) is 1. The van der Waals surface area contributed by atoms with Crippen LogP contribution in [0.15, 0.2) is 0 Å². The number of aliphatic hydroxyl groups is 1. The van der Waals surface area contributed by atoms with Crippen LogP contribution in [0.3, 0.4) is 0 Å². The first-order chi connectivity index (χ1) is 9.38. The number of piperidine rings is 1. The molecule has 2 fully saturated rings. The van der Waals surface area contributed by atoms with Crippen molar-refractivity contribution in [3.8, 4) is 0 Å². The van der Waals surface area contributed by atoms with Crippen molar-refractivity contribution in [2.24, 2.45) is 5.73 Å². The second kappa shape index (κ2) is 5.69. The lowest BCUT2D eigenvalue weighted by molar-refractivity contribution is -0.152. The molecule has 114 valence electrons. The first-order valence-corrected chi connectivity index (χ1v) is 7.22. The van der Waals surface area contributed by atoms with Crippen LogP contribution in [0, 0.1) is 0 Å². The highest BCUT2D eigenvalue weighted by Gasteiger charge is 2.42. The Balaban J connectivity index is 1.94. The van der Waals surface area contributed by atoms with Crippen LogP contribution in [0.4, 0.5) is 0 Å². The Morgan fingerprint density at radius 3 is 2.45 bits per heavy atom. The molecule has 1 heterocycles. The van der Waals surface area contributed by atoms with E-state index in [9.17, 15) is 14.7 Å². The highest BCUT2D eigenvalue weighted by atomic mass is 16.5. The van der Waals surface area contributed by atoms with Gasteiger partial charge < -0.3 is 20.5 Å². The zero-order valence-corrected chi connectivity index (χ0v) is 12.1. The summed E-state index contributed by atoms with van der Waals surface area (Å²) in [6, 6.07) is 0. The fourth-order valence-electron chi connectivity index (χ4n) is 3.21. The van der Waals surface area contributed by atoms with Gasteiger partial charge in [-0.2, -0.15) is 0 Å². The number of amides is 2. The zero-order valence-electron chi connectivity index (χ0n) is 12.1. The van der Waals surface area contributed by atoms with Gasteiger partial charge in [0.25, 0.3) is 0 Å². The number of hydrogen-bond acceptors (Lipinski definition) is 4. The first kappa shape index (κ1) is 15.3. The Labute approximate surface area is 119 Å². The van der Waals surface area contributed by atoms with E-state index in [0.717, 1.165) is 19.3 Å². The normalized spacial score (nSPS) is 28.8. The number of methoxy groups -OCH3 is 1. The van der Waals surface area contributed by atoms with Crippen molar-refractivity contribution < 1.29 is 19.4 Å². The van der Waals surface area contributed by atoms with Gasteiger partial charge in [0, 0.05) is 20.2 Å². The molecule has 1 aliphatic carbocycles. The average Bonchev–Trinajstić information content (AvgIpc) is 2.32. The minimum Gasteiger partial charge on any atom is -0.388 e. The molecular formula is C14H24N2O4. The molecule has 1 unspecified atom stereocenters. The van der Waals surface area contributed by atoms with E-state index in [4.69, 9.17) is 10.5 Å². The number of ether oxygens (including phenoxy) is 1. The highest BCUT2D eigenvalue weighted by Crippen LogP contribution is 2.38. The molecule has 6 heteroatoms. The summed E-state index contributed by atoms with van der Waals surface area (Å²) in [5, 5.41) is 10.4. The van der Waals surface area contributed by atoms with E-state index in [0.29, 0.717) is 25.8 Å². The molecule has 2 aliphatic rings. The fourth-order valence-corrected chi connectivity index (χ4v) is 3.21. The van der Waals surface area contributed by atoms with Crippen LogP contribution < -0.4 is 5.73 Å². The molecule has 6 nitrogen and oxygen atoms in total. The van der Waals surface area contributed by atoms with Gasteiger partial charge >= 0.3 is 0 Å². The maximum Gasteiger partial charge on any atom is 0.225 e. The molecule has 2 amide bonds. The molecule has 0 spiro atoms. The van der Waals surface area contributed by atoms with Gasteiger partial charge in [-0.3, -0.25) is 9.59 Å². The maximum absolute atomic E-state index is 12.4. The van der Waals surface area contributed by atoms with Crippen molar-refractivity contribution in [2.75, 3.05) is 20.2 Å². The number of rotatable bonds is 5. The van der Waals surface area contributed by atoms with Crippen molar-refractivity contribution in [3.63, 3.8) is 0 Å². The monoisotopic (exact) mass is 284 g/mol. The van der Waals surface area contributed by atoms with E-state index in [2.05, 4.69) is 0 Å². The molecule has 0 aromatic carbocycles. The summed E-state index contributed by atoms with van der Waals surface area (Å²) in [5.74, 6) is -0.539. The molecule has 0 aromatic rings. The van der Waals surface area contributed by atoms with E-state index in [1.807, 2.05) is 0 Å². The molecular weight excluding hydrogens is 260 g/mol. The molecule has 1 atom stereocenters. The van der Waals surface area contributed by atoms with Gasteiger partial charge in [0.1, 0.15) is 0 Å². The number of nitrogens with zero attached hydrogens (tertiary/aromatic N) is 1. The highest BCUT2D eigenvalue weighted by molar-refractivity contribution is 5.78. The molecule has 3 N–H and O–H groups in total. The predicted molar refractivity (Wildman–Crippen MR) is 72.8 cm³/mol. The number of primary amides is 1. The van der Waals surface area contributed by atoms with Gasteiger partial charge in [0.05, 0.1) is 24.0 Å². The number of carbonyl (C=O) groups excluding carboxylic acids is 2. The average molecular weight is 284 g/mol. The SMILES string of the molecule is COC1(CC(=O)N2CCCC(O)(CC(N)=O)C2)CCC1. The quantitative estimate of drug-likeness (QED) is 0.753. The van der Waals surface area contributed by atoms with Gasteiger partial charge in [-0.1, -0.05) is 0 Å². The summed E-state index contributed by atoms with van der Waals surface area (Å²) in [7, 11) is 1.64. The van der Waals surface area contributed by atoms with E-state index in [-0.39, 0.29) is 24.5 Å². The van der Waals surface area contributed by atoms with Crippen LogP contribution in [0.2, 0.25) is 0 Å². The topological polar surface area (TPSA) is 92.9 Å². The zero-order chi connectivity index (χ0) is 14.8. The summed E-state index contributed by atoms with van der Waals surface area (Å²) < 4.78 is 5.47. The number of likely N-dealkylation sites (tertiary alicyclic amines) is 1. The van der Waals surface area contributed by atoms with Crippen LogP contribution in [-0.2, 0) is 14.3 Å². The molecule has 1 saturated carbocycles. The third-order valence-electron chi connectivity index (χ3n) is 4.58. The van der Waals surface area contributed by atoms with Crippen molar-refractivity contribution >= 4 is 11.8 Å². The Morgan fingerprint density at radius 2 is 1.95 bits per heavy atom. The van der Waals surface area contributed by atoms with Gasteiger partial charge in [-0.05, 0) is 32.1 Å². The van der Waals surface area contributed by atoms with Crippen LogP contribution in [0.25, 0.3) is 0 Å². The molecule has 0 radical (unpaired) electrons.